The number of likely N-dealkylation sites (N-methyl/N-ethyl adjacent to an activating group) is 1. The lowest BCUT2D eigenvalue weighted by atomic mass is 9.98. The molecule has 2 atom stereocenters. The number of halogens is 2. The maximum Gasteiger partial charge on any atom is 0.130 e. The Morgan fingerprint density at radius 1 is 1.22 bits per heavy atom. The molecule has 0 spiro atoms. The van der Waals surface area contributed by atoms with Gasteiger partial charge in [0.25, 0.3) is 0 Å². The van der Waals surface area contributed by atoms with Gasteiger partial charge in [-0.05, 0) is 26.0 Å². The molecular formula is C14H21F2NO. The molecule has 2 nitrogen and oxygen atoms in total. The Labute approximate surface area is 107 Å². The van der Waals surface area contributed by atoms with E-state index in [-0.39, 0.29) is 12.1 Å². The van der Waals surface area contributed by atoms with Gasteiger partial charge in [0.15, 0.2) is 0 Å². The highest BCUT2D eigenvalue weighted by Gasteiger charge is 2.24. The van der Waals surface area contributed by atoms with Gasteiger partial charge in [-0.1, -0.05) is 19.9 Å². The molecule has 0 amide bonds. The largest absolute Gasteiger partial charge is 0.377 e. The summed E-state index contributed by atoms with van der Waals surface area (Å²) in [5.41, 5.74) is 0.457. The third-order valence-electron chi connectivity index (χ3n) is 2.88. The number of ether oxygens (including phenoxy) is 1. The van der Waals surface area contributed by atoms with E-state index in [4.69, 9.17) is 4.74 Å². The molecule has 0 saturated heterocycles. The molecule has 1 rings (SSSR count). The van der Waals surface area contributed by atoms with Gasteiger partial charge in [0.05, 0.1) is 12.1 Å². The van der Waals surface area contributed by atoms with Crippen LogP contribution in [0.4, 0.5) is 8.78 Å². The summed E-state index contributed by atoms with van der Waals surface area (Å²) in [6.45, 7) is 7.13. The van der Waals surface area contributed by atoms with E-state index in [2.05, 4.69) is 5.32 Å². The topological polar surface area (TPSA) is 21.3 Å². The predicted octanol–water partition coefficient (Wildman–Crippen LogP) is 3.43. The fourth-order valence-corrected chi connectivity index (χ4v) is 2.08. The average molecular weight is 257 g/mol. The smallest absolute Gasteiger partial charge is 0.130 e. The lowest BCUT2D eigenvalue weighted by Gasteiger charge is -2.27. The maximum atomic E-state index is 13.8. The van der Waals surface area contributed by atoms with Crippen molar-refractivity contribution < 1.29 is 13.5 Å². The summed E-state index contributed by atoms with van der Waals surface area (Å²) in [4.78, 5) is 0. The van der Waals surface area contributed by atoms with Crippen molar-refractivity contribution in [1.82, 2.24) is 5.32 Å². The first-order valence-electron chi connectivity index (χ1n) is 6.43. The quantitative estimate of drug-likeness (QED) is 0.808. The van der Waals surface area contributed by atoms with E-state index in [1.807, 2.05) is 20.8 Å². The van der Waals surface area contributed by atoms with Crippen molar-refractivity contribution in [3.8, 4) is 0 Å². The van der Waals surface area contributed by atoms with Crippen molar-refractivity contribution >= 4 is 0 Å². The van der Waals surface area contributed by atoms with Crippen LogP contribution in [-0.4, -0.2) is 19.3 Å². The van der Waals surface area contributed by atoms with E-state index in [1.54, 1.807) is 0 Å². The second kappa shape index (κ2) is 7.44. The Balaban J connectivity index is 3.01. The van der Waals surface area contributed by atoms with Gasteiger partial charge in [-0.3, -0.25) is 0 Å². The van der Waals surface area contributed by atoms with Crippen molar-refractivity contribution in [2.24, 2.45) is 0 Å². The van der Waals surface area contributed by atoms with Gasteiger partial charge < -0.3 is 10.1 Å². The van der Waals surface area contributed by atoms with Crippen molar-refractivity contribution in [2.45, 2.75) is 39.3 Å². The van der Waals surface area contributed by atoms with Crippen LogP contribution >= 0.6 is 0 Å². The zero-order valence-electron chi connectivity index (χ0n) is 11.2. The predicted molar refractivity (Wildman–Crippen MR) is 68.5 cm³/mol. The van der Waals surface area contributed by atoms with E-state index in [9.17, 15) is 8.78 Å². The highest BCUT2D eigenvalue weighted by atomic mass is 19.1. The first-order chi connectivity index (χ1) is 8.63. The van der Waals surface area contributed by atoms with Crippen LogP contribution in [0.15, 0.2) is 18.2 Å². The number of rotatable bonds is 7. The van der Waals surface area contributed by atoms with Crippen LogP contribution in [-0.2, 0) is 4.74 Å². The molecule has 0 bridgehead atoms. The molecule has 4 heteroatoms. The van der Waals surface area contributed by atoms with E-state index < -0.39 is 11.6 Å². The summed E-state index contributed by atoms with van der Waals surface area (Å²) < 4.78 is 32.4. The molecule has 0 heterocycles. The number of hydrogen-bond acceptors (Lipinski definition) is 2. The Morgan fingerprint density at radius 3 is 2.44 bits per heavy atom. The number of nitrogens with one attached hydrogen (secondary N) is 1. The summed E-state index contributed by atoms with van der Waals surface area (Å²) in [6, 6.07) is 3.43. The molecular weight excluding hydrogens is 236 g/mol. The highest BCUT2D eigenvalue weighted by molar-refractivity contribution is 5.23. The fourth-order valence-electron chi connectivity index (χ4n) is 2.08. The summed E-state index contributed by atoms with van der Waals surface area (Å²) in [7, 11) is 0. The minimum absolute atomic E-state index is 0.116. The minimum atomic E-state index is -0.559. The molecule has 1 aromatic rings. The standard InChI is InChI=1S/C14H21F2NO/c1-4-13(18-6-3)14(17-5-2)11-8-7-10(15)9-12(11)16/h7-9,13-14,17H,4-6H2,1-3H3. The van der Waals surface area contributed by atoms with Crippen molar-refractivity contribution in [1.29, 1.82) is 0 Å². The molecule has 0 aromatic heterocycles. The van der Waals surface area contributed by atoms with Gasteiger partial charge >= 0.3 is 0 Å². The molecule has 0 fully saturated rings. The Kier molecular flexibility index (Phi) is 6.22. The molecule has 0 aliphatic heterocycles. The van der Waals surface area contributed by atoms with Crippen molar-refractivity contribution in [2.75, 3.05) is 13.2 Å². The highest BCUT2D eigenvalue weighted by Crippen LogP contribution is 2.24. The molecule has 0 saturated carbocycles. The molecule has 1 N–H and O–H groups in total. The summed E-state index contributed by atoms with van der Waals surface area (Å²) in [5, 5.41) is 3.21. The molecule has 1 aromatic carbocycles. The van der Waals surface area contributed by atoms with Gasteiger partial charge in [0.2, 0.25) is 0 Å². The molecule has 18 heavy (non-hydrogen) atoms. The SMILES string of the molecule is CCNC(c1ccc(F)cc1F)C(CC)OCC. The van der Waals surface area contributed by atoms with Crippen LogP contribution < -0.4 is 5.32 Å². The van der Waals surface area contributed by atoms with Crippen LogP contribution in [0.2, 0.25) is 0 Å². The van der Waals surface area contributed by atoms with Crippen LogP contribution in [0.3, 0.4) is 0 Å². The monoisotopic (exact) mass is 257 g/mol. The van der Waals surface area contributed by atoms with Crippen LogP contribution in [0.1, 0.15) is 38.8 Å². The molecule has 102 valence electrons. The minimum Gasteiger partial charge on any atom is -0.377 e. The first kappa shape index (κ1) is 15.1. The Bertz CT molecular complexity index is 371. The summed E-state index contributed by atoms with van der Waals surface area (Å²) >= 11 is 0. The Morgan fingerprint density at radius 2 is 1.94 bits per heavy atom. The number of hydrogen-bond donors (Lipinski definition) is 1. The third-order valence-corrected chi connectivity index (χ3v) is 2.88. The lowest BCUT2D eigenvalue weighted by Crippen LogP contribution is -2.34. The molecule has 0 aliphatic rings. The fraction of sp³-hybridized carbons (Fsp3) is 0.571. The van der Waals surface area contributed by atoms with Crippen LogP contribution in [0.5, 0.6) is 0 Å². The molecule has 0 radical (unpaired) electrons. The number of benzene rings is 1. The second-order valence-electron chi connectivity index (χ2n) is 4.10. The van der Waals surface area contributed by atoms with Gasteiger partial charge in [0.1, 0.15) is 11.6 Å². The van der Waals surface area contributed by atoms with Gasteiger partial charge in [-0.25, -0.2) is 8.78 Å². The van der Waals surface area contributed by atoms with Crippen molar-refractivity contribution in [3.63, 3.8) is 0 Å². The molecule has 2 unspecified atom stereocenters. The van der Waals surface area contributed by atoms with Crippen molar-refractivity contribution in [3.05, 3.63) is 35.4 Å². The van der Waals surface area contributed by atoms with E-state index >= 15 is 0 Å². The van der Waals surface area contributed by atoms with Gasteiger partial charge in [-0.2, -0.15) is 0 Å². The normalized spacial score (nSPS) is 14.5. The zero-order valence-corrected chi connectivity index (χ0v) is 11.2. The van der Waals surface area contributed by atoms with Crippen LogP contribution in [0, 0.1) is 11.6 Å². The van der Waals surface area contributed by atoms with Gasteiger partial charge in [-0.15, -0.1) is 0 Å². The average Bonchev–Trinajstić information content (AvgIpc) is 2.34. The zero-order chi connectivity index (χ0) is 13.5. The van der Waals surface area contributed by atoms with Crippen LogP contribution in [0.25, 0.3) is 0 Å². The summed E-state index contributed by atoms with van der Waals surface area (Å²) in [5.74, 6) is -1.09. The lowest BCUT2D eigenvalue weighted by molar-refractivity contribution is 0.0309. The van der Waals surface area contributed by atoms with E-state index in [1.165, 1.54) is 12.1 Å². The van der Waals surface area contributed by atoms with E-state index in [0.717, 1.165) is 12.5 Å². The first-order valence-corrected chi connectivity index (χ1v) is 6.43. The second-order valence-corrected chi connectivity index (χ2v) is 4.10. The maximum absolute atomic E-state index is 13.8. The molecule has 0 aliphatic carbocycles. The third kappa shape index (κ3) is 3.75. The summed E-state index contributed by atoms with van der Waals surface area (Å²) in [6.07, 6.45) is 0.650. The van der Waals surface area contributed by atoms with E-state index in [0.29, 0.717) is 18.7 Å². The Hall–Kier alpha value is -1.00. The van der Waals surface area contributed by atoms with Gasteiger partial charge in [0, 0.05) is 18.2 Å².